The van der Waals surface area contributed by atoms with Crippen molar-refractivity contribution in [3.8, 4) is 0 Å². The lowest BCUT2D eigenvalue weighted by atomic mass is 9.93. The van der Waals surface area contributed by atoms with Gasteiger partial charge in [0.1, 0.15) is 0 Å². The second-order valence-electron chi connectivity index (χ2n) is 11.7. The summed E-state index contributed by atoms with van der Waals surface area (Å²) in [6.07, 6.45) is 1.66. The van der Waals surface area contributed by atoms with Gasteiger partial charge >= 0.3 is 23.9 Å². The van der Waals surface area contributed by atoms with Crippen LogP contribution >= 0.6 is 0 Å². The van der Waals surface area contributed by atoms with E-state index < -0.39 is 62.0 Å². The van der Waals surface area contributed by atoms with Crippen molar-refractivity contribution in [2.24, 2.45) is 17.6 Å². The molecule has 274 valence electrons. The van der Waals surface area contributed by atoms with E-state index in [-0.39, 0.29) is 69.3 Å². The van der Waals surface area contributed by atoms with Gasteiger partial charge < -0.3 is 36.2 Å². The van der Waals surface area contributed by atoms with Crippen molar-refractivity contribution in [2.75, 3.05) is 72.0 Å². The Kier molecular flexibility index (Phi) is 21.7. The minimum absolute atomic E-state index is 0.0279. The SMILES string of the molecule is CC(C)C[C@H](N)C(=O)NNC(=O)CC1CCN(C(=O)CN(CCN(CC(=O)O)CC(=O)O)CCN(CC(=O)O)CC(=O)O)CC1.O=CO. The lowest BCUT2D eigenvalue weighted by Crippen LogP contribution is -2.50. The number of rotatable bonds is 21. The van der Waals surface area contributed by atoms with Gasteiger partial charge in [0, 0.05) is 45.7 Å². The van der Waals surface area contributed by atoms with Crippen LogP contribution in [0.2, 0.25) is 0 Å². The molecule has 20 heteroatoms. The molecule has 0 aromatic rings. The topological polar surface area (TPSA) is 301 Å². The number of hydrogen-bond donors (Lipinski definition) is 8. The summed E-state index contributed by atoms with van der Waals surface area (Å²) >= 11 is 0. The molecule has 3 amide bonds. The van der Waals surface area contributed by atoms with Crippen LogP contribution < -0.4 is 16.6 Å². The van der Waals surface area contributed by atoms with Crippen molar-refractivity contribution in [1.29, 1.82) is 0 Å². The minimum atomic E-state index is -1.23. The number of nitrogens with two attached hydrogens (primary N) is 1. The molecular weight excluding hydrogens is 642 g/mol. The fourth-order valence-electron chi connectivity index (χ4n) is 4.86. The van der Waals surface area contributed by atoms with Gasteiger partial charge in [-0.15, -0.1) is 0 Å². The number of aliphatic carboxylic acids is 4. The molecule has 1 aliphatic rings. The summed E-state index contributed by atoms with van der Waals surface area (Å²) in [7, 11) is 0. The van der Waals surface area contributed by atoms with Crippen molar-refractivity contribution in [2.45, 2.75) is 45.6 Å². The molecule has 0 aromatic heterocycles. The van der Waals surface area contributed by atoms with Gasteiger partial charge in [-0.25, -0.2) is 0 Å². The second-order valence-corrected chi connectivity index (χ2v) is 11.7. The minimum Gasteiger partial charge on any atom is -0.483 e. The Bertz CT molecular complexity index is 1010. The quantitative estimate of drug-likeness (QED) is 0.0441. The van der Waals surface area contributed by atoms with Crippen molar-refractivity contribution in [1.82, 2.24) is 30.5 Å². The molecule has 20 nitrogen and oxygen atoms in total. The summed E-state index contributed by atoms with van der Waals surface area (Å²) in [5.41, 5.74) is 10.5. The maximum atomic E-state index is 13.2. The van der Waals surface area contributed by atoms with Gasteiger partial charge in [-0.05, 0) is 31.1 Å². The third-order valence-electron chi connectivity index (χ3n) is 7.09. The van der Waals surface area contributed by atoms with E-state index in [9.17, 15) is 33.6 Å². The van der Waals surface area contributed by atoms with E-state index in [4.69, 9.17) is 36.1 Å². The Morgan fingerprint density at radius 3 is 1.52 bits per heavy atom. The molecule has 1 aliphatic heterocycles. The maximum absolute atomic E-state index is 13.2. The average molecular weight is 692 g/mol. The zero-order valence-electron chi connectivity index (χ0n) is 27.3. The predicted molar refractivity (Wildman–Crippen MR) is 166 cm³/mol. The molecule has 0 saturated carbocycles. The van der Waals surface area contributed by atoms with Gasteiger partial charge in [-0.3, -0.25) is 63.9 Å². The second kappa shape index (κ2) is 23.8. The maximum Gasteiger partial charge on any atom is 0.317 e. The monoisotopic (exact) mass is 691 g/mol. The molecule has 48 heavy (non-hydrogen) atoms. The molecule has 1 atom stereocenters. The molecule has 1 heterocycles. The first-order valence-electron chi connectivity index (χ1n) is 15.2. The summed E-state index contributed by atoms with van der Waals surface area (Å²) < 4.78 is 0. The van der Waals surface area contributed by atoms with Gasteiger partial charge in [0.15, 0.2) is 0 Å². The summed E-state index contributed by atoms with van der Waals surface area (Å²) in [6.45, 7) is 2.02. The highest BCUT2D eigenvalue weighted by Gasteiger charge is 2.27. The van der Waals surface area contributed by atoms with Crippen LogP contribution in [0.5, 0.6) is 0 Å². The molecular formula is C28H49N7O13. The van der Waals surface area contributed by atoms with E-state index in [1.54, 1.807) is 9.80 Å². The number of hydrogen-bond acceptors (Lipinski definition) is 12. The Hall–Kier alpha value is -4.40. The Labute approximate surface area is 277 Å². The number of carbonyl (C=O) groups excluding carboxylic acids is 3. The predicted octanol–water partition coefficient (Wildman–Crippen LogP) is -2.92. The fourth-order valence-corrected chi connectivity index (χ4v) is 4.86. The van der Waals surface area contributed by atoms with Gasteiger partial charge in [0.25, 0.3) is 12.4 Å². The number of carbonyl (C=O) groups is 8. The zero-order chi connectivity index (χ0) is 36.8. The number of carboxylic acid groups (broad SMARTS) is 5. The Balaban J connectivity index is 0.00000707. The number of carboxylic acids is 4. The van der Waals surface area contributed by atoms with Crippen molar-refractivity contribution >= 4 is 48.1 Å². The molecule has 1 rings (SSSR count). The first kappa shape index (κ1) is 43.6. The standard InChI is InChI=1S/C27H47N7O11.CH2O2/c1-18(2)11-20(28)27(45)30-29-21(35)12-19-3-5-34(6-4-19)22(36)13-31(7-9-32(14-23(37)38)15-24(39)40)8-10-33(16-25(41)42)17-26(43)44;2-1-3/h18-20H,3-17,28H2,1-2H3,(H,29,35)(H,30,45)(H,37,38)(H,39,40)(H,41,42)(H,43,44);1H,(H,2,3)/t20-;/m0./s1. The van der Waals surface area contributed by atoms with Crippen LogP contribution in [0.1, 0.15) is 39.5 Å². The molecule has 9 N–H and O–H groups in total. The Morgan fingerprint density at radius 2 is 1.15 bits per heavy atom. The number of piperidine rings is 1. The van der Waals surface area contributed by atoms with Crippen LogP contribution in [0.25, 0.3) is 0 Å². The lowest BCUT2D eigenvalue weighted by molar-refractivity contribution is -0.143. The summed E-state index contributed by atoms with van der Waals surface area (Å²) in [4.78, 5) is 96.2. The van der Waals surface area contributed by atoms with E-state index in [1.807, 2.05) is 13.8 Å². The van der Waals surface area contributed by atoms with E-state index in [0.717, 1.165) is 0 Å². The van der Waals surface area contributed by atoms with Gasteiger partial charge in [0.05, 0.1) is 38.8 Å². The van der Waals surface area contributed by atoms with E-state index in [1.165, 1.54) is 9.80 Å². The third-order valence-corrected chi connectivity index (χ3v) is 7.09. The smallest absolute Gasteiger partial charge is 0.317 e. The van der Waals surface area contributed by atoms with Crippen LogP contribution in [0.3, 0.4) is 0 Å². The number of amides is 3. The van der Waals surface area contributed by atoms with Crippen molar-refractivity contribution < 1.29 is 63.9 Å². The van der Waals surface area contributed by atoms with Crippen LogP contribution in [0.15, 0.2) is 0 Å². The highest BCUT2D eigenvalue weighted by Crippen LogP contribution is 2.20. The van der Waals surface area contributed by atoms with Gasteiger partial charge in [-0.2, -0.15) is 0 Å². The normalized spacial score (nSPS) is 13.9. The number of nitrogens with one attached hydrogen (secondary N) is 2. The summed E-state index contributed by atoms with van der Waals surface area (Å²) in [5.74, 6) is -5.90. The molecule has 0 spiro atoms. The number of nitrogens with zero attached hydrogens (tertiary/aromatic N) is 4. The van der Waals surface area contributed by atoms with Crippen molar-refractivity contribution in [3.05, 3.63) is 0 Å². The molecule has 0 unspecified atom stereocenters. The third kappa shape index (κ3) is 21.4. The number of likely N-dealkylation sites (tertiary alicyclic amines) is 1. The average Bonchev–Trinajstić information content (AvgIpc) is 2.96. The summed E-state index contributed by atoms with van der Waals surface area (Å²) in [6, 6.07) is -0.742. The molecule has 0 bridgehead atoms. The molecule has 0 aromatic carbocycles. The fraction of sp³-hybridized carbons (Fsp3) is 0.714. The van der Waals surface area contributed by atoms with Crippen LogP contribution in [0, 0.1) is 11.8 Å². The van der Waals surface area contributed by atoms with Gasteiger partial charge in [0.2, 0.25) is 11.8 Å². The molecule has 0 radical (unpaired) electrons. The largest absolute Gasteiger partial charge is 0.483 e. The highest BCUT2D eigenvalue weighted by molar-refractivity contribution is 5.85. The highest BCUT2D eigenvalue weighted by atomic mass is 16.4. The van der Waals surface area contributed by atoms with E-state index >= 15 is 0 Å². The molecule has 0 aliphatic carbocycles. The Morgan fingerprint density at radius 1 is 0.750 bits per heavy atom. The lowest BCUT2D eigenvalue weighted by Gasteiger charge is -2.34. The van der Waals surface area contributed by atoms with Gasteiger partial charge in [-0.1, -0.05) is 13.8 Å². The molecule has 1 saturated heterocycles. The first-order chi connectivity index (χ1) is 22.5. The van der Waals surface area contributed by atoms with Crippen LogP contribution in [-0.4, -0.2) is 171 Å². The zero-order valence-corrected chi connectivity index (χ0v) is 27.3. The summed E-state index contributed by atoms with van der Waals surface area (Å²) in [5, 5.41) is 43.4. The van der Waals surface area contributed by atoms with E-state index in [2.05, 4.69) is 10.9 Å². The molecule has 1 fully saturated rings. The van der Waals surface area contributed by atoms with Crippen LogP contribution in [-0.2, 0) is 38.4 Å². The van der Waals surface area contributed by atoms with E-state index in [0.29, 0.717) is 32.4 Å². The first-order valence-corrected chi connectivity index (χ1v) is 15.2. The number of hydrazine groups is 1. The van der Waals surface area contributed by atoms with Crippen LogP contribution in [0.4, 0.5) is 0 Å². The van der Waals surface area contributed by atoms with Crippen molar-refractivity contribution in [3.63, 3.8) is 0 Å².